The van der Waals surface area contributed by atoms with E-state index in [2.05, 4.69) is 10.4 Å². The van der Waals surface area contributed by atoms with Crippen LogP contribution in [0.25, 0.3) is 11.3 Å². The van der Waals surface area contributed by atoms with Crippen molar-refractivity contribution >= 4 is 40.9 Å². The number of aromatic nitrogens is 2. The number of halogens is 1. The highest BCUT2D eigenvalue weighted by atomic mass is 35.5. The van der Waals surface area contributed by atoms with E-state index in [4.69, 9.17) is 21.4 Å². The third-order valence-electron chi connectivity index (χ3n) is 3.09. The molecule has 0 unspecified atom stereocenters. The molecule has 0 radical (unpaired) electrons. The summed E-state index contributed by atoms with van der Waals surface area (Å²) in [6.45, 7) is 0. The number of ether oxygens (including phenoxy) is 1. The number of carbonyl (C=O) groups is 2. The van der Waals surface area contributed by atoms with Crippen LogP contribution in [-0.4, -0.2) is 45.4 Å². The number of aryl methyl sites for hydroxylation is 1. The number of amides is 1. The predicted octanol–water partition coefficient (Wildman–Crippen LogP) is 2.51. The zero-order valence-corrected chi connectivity index (χ0v) is 14.6. The van der Waals surface area contributed by atoms with Gasteiger partial charge in [-0.1, -0.05) is 11.6 Å². The van der Waals surface area contributed by atoms with Crippen molar-refractivity contribution in [3.63, 3.8) is 0 Å². The summed E-state index contributed by atoms with van der Waals surface area (Å²) in [6.07, 6.45) is 1.53. The van der Waals surface area contributed by atoms with Gasteiger partial charge in [0.2, 0.25) is 5.91 Å². The molecular weight excluding hydrogens is 354 g/mol. The van der Waals surface area contributed by atoms with Crippen LogP contribution in [0.4, 0.5) is 5.69 Å². The fraction of sp³-hybridized carbons (Fsp3) is 0.267. The van der Waals surface area contributed by atoms with Gasteiger partial charge in [-0.05, 0) is 18.2 Å². The van der Waals surface area contributed by atoms with Gasteiger partial charge in [0.15, 0.2) is 0 Å². The van der Waals surface area contributed by atoms with Crippen molar-refractivity contribution in [2.24, 2.45) is 7.05 Å². The van der Waals surface area contributed by atoms with E-state index in [9.17, 15) is 9.59 Å². The molecule has 128 valence electrons. The summed E-state index contributed by atoms with van der Waals surface area (Å²) in [5, 5.41) is 15.9. The van der Waals surface area contributed by atoms with Crippen LogP contribution in [0.5, 0.6) is 5.75 Å². The minimum Gasteiger partial charge on any atom is -0.496 e. The molecule has 0 saturated carbocycles. The average molecular weight is 370 g/mol. The van der Waals surface area contributed by atoms with Gasteiger partial charge in [-0.2, -0.15) is 5.10 Å². The van der Waals surface area contributed by atoms with Crippen molar-refractivity contribution < 1.29 is 19.4 Å². The Morgan fingerprint density at radius 1 is 1.42 bits per heavy atom. The van der Waals surface area contributed by atoms with E-state index in [1.165, 1.54) is 6.20 Å². The normalized spacial score (nSPS) is 10.5. The highest BCUT2D eigenvalue weighted by molar-refractivity contribution is 8.00. The van der Waals surface area contributed by atoms with E-state index in [1.54, 1.807) is 37.0 Å². The Hall–Kier alpha value is -2.19. The minimum atomic E-state index is -0.953. The van der Waals surface area contributed by atoms with Gasteiger partial charge < -0.3 is 15.2 Å². The van der Waals surface area contributed by atoms with Gasteiger partial charge in [0, 0.05) is 18.3 Å². The van der Waals surface area contributed by atoms with Gasteiger partial charge in [0.25, 0.3) is 0 Å². The second-order valence-corrected chi connectivity index (χ2v) is 6.21. The lowest BCUT2D eigenvalue weighted by Crippen LogP contribution is -2.15. The largest absolute Gasteiger partial charge is 0.496 e. The number of nitrogens with one attached hydrogen (secondary N) is 1. The van der Waals surface area contributed by atoms with Gasteiger partial charge >= 0.3 is 5.97 Å². The Morgan fingerprint density at radius 3 is 2.75 bits per heavy atom. The van der Waals surface area contributed by atoms with Gasteiger partial charge in [-0.3, -0.25) is 14.3 Å². The number of hydrogen-bond acceptors (Lipinski definition) is 5. The first-order valence-electron chi connectivity index (χ1n) is 6.87. The Labute approximate surface area is 147 Å². The summed E-state index contributed by atoms with van der Waals surface area (Å²) in [4.78, 5) is 22.3. The number of carboxylic acids is 1. The third-order valence-corrected chi connectivity index (χ3v) is 4.29. The van der Waals surface area contributed by atoms with Crippen molar-refractivity contribution in [3.8, 4) is 17.0 Å². The zero-order chi connectivity index (χ0) is 17.7. The number of hydrogen-bond donors (Lipinski definition) is 2. The second kappa shape index (κ2) is 8.07. The summed E-state index contributed by atoms with van der Waals surface area (Å²) < 4.78 is 6.97. The molecule has 0 aliphatic rings. The van der Waals surface area contributed by atoms with Crippen LogP contribution < -0.4 is 10.1 Å². The van der Waals surface area contributed by atoms with Crippen LogP contribution in [-0.2, 0) is 16.6 Å². The van der Waals surface area contributed by atoms with Crippen molar-refractivity contribution in [2.75, 3.05) is 23.9 Å². The molecule has 0 aliphatic carbocycles. The molecule has 1 amide bonds. The molecule has 9 heteroatoms. The van der Waals surface area contributed by atoms with Crippen molar-refractivity contribution in [1.82, 2.24) is 9.78 Å². The van der Waals surface area contributed by atoms with Crippen LogP contribution >= 0.6 is 23.4 Å². The number of carbonyl (C=O) groups excluding carboxylic acids is 1. The van der Waals surface area contributed by atoms with Crippen LogP contribution in [0, 0.1) is 0 Å². The molecule has 1 aromatic carbocycles. The Morgan fingerprint density at radius 2 is 2.17 bits per heavy atom. The molecule has 1 heterocycles. The first-order valence-corrected chi connectivity index (χ1v) is 8.41. The summed E-state index contributed by atoms with van der Waals surface area (Å²) in [5.74, 6) is -0.705. The Balaban J connectivity index is 2.20. The molecule has 0 saturated heterocycles. The lowest BCUT2D eigenvalue weighted by molar-refractivity contribution is -0.133. The zero-order valence-electron chi connectivity index (χ0n) is 13.1. The molecule has 0 spiro atoms. The first-order chi connectivity index (χ1) is 11.4. The van der Waals surface area contributed by atoms with E-state index >= 15 is 0 Å². The van der Waals surface area contributed by atoms with Gasteiger partial charge in [-0.25, -0.2) is 0 Å². The smallest absolute Gasteiger partial charge is 0.313 e. The summed E-state index contributed by atoms with van der Waals surface area (Å²) in [5.41, 5.74) is 1.92. The molecule has 2 rings (SSSR count). The SMILES string of the molecule is COc1ccc(NC(=O)CSCC(=O)O)cc1-c1c(Cl)cnn1C. The molecule has 0 aliphatic heterocycles. The van der Waals surface area contributed by atoms with Crippen LogP contribution in [0.15, 0.2) is 24.4 Å². The van der Waals surface area contributed by atoms with E-state index in [0.717, 1.165) is 11.8 Å². The summed E-state index contributed by atoms with van der Waals surface area (Å²) in [7, 11) is 3.30. The van der Waals surface area contributed by atoms with E-state index < -0.39 is 5.97 Å². The van der Waals surface area contributed by atoms with Gasteiger partial charge in [0.05, 0.1) is 35.5 Å². The van der Waals surface area contributed by atoms with Gasteiger partial charge in [-0.15, -0.1) is 11.8 Å². The second-order valence-electron chi connectivity index (χ2n) is 4.81. The van der Waals surface area contributed by atoms with Crippen molar-refractivity contribution in [1.29, 1.82) is 0 Å². The average Bonchev–Trinajstić information content (AvgIpc) is 2.85. The maximum Gasteiger partial charge on any atom is 0.313 e. The number of nitrogens with zero attached hydrogens (tertiary/aromatic N) is 2. The lowest BCUT2D eigenvalue weighted by Gasteiger charge is -2.12. The summed E-state index contributed by atoms with van der Waals surface area (Å²) in [6, 6.07) is 5.16. The highest BCUT2D eigenvalue weighted by Crippen LogP contribution is 2.36. The number of anilines is 1. The maximum atomic E-state index is 11.9. The number of carboxylic acid groups (broad SMARTS) is 1. The number of benzene rings is 1. The molecule has 0 bridgehead atoms. The monoisotopic (exact) mass is 369 g/mol. The number of thioether (sulfide) groups is 1. The van der Waals surface area contributed by atoms with Crippen LogP contribution in [0.1, 0.15) is 0 Å². The van der Waals surface area contributed by atoms with Crippen LogP contribution in [0.3, 0.4) is 0 Å². The molecule has 2 N–H and O–H groups in total. The van der Waals surface area contributed by atoms with E-state index in [1.807, 2.05) is 0 Å². The highest BCUT2D eigenvalue weighted by Gasteiger charge is 2.15. The fourth-order valence-electron chi connectivity index (χ4n) is 2.11. The minimum absolute atomic E-state index is 0.0557. The maximum absolute atomic E-state index is 11.9. The van der Waals surface area contributed by atoms with Gasteiger partial charge in [0.1, 0.15) is 5.75 Å². The molecule has 1 aromatic heterocycles. The van der Waals surface area contributed by atoms with Crippen molar-refractivity contribution in [2.45, 2.75) is 0 Å². The van der Waals surface area contributed by atoms with E-state index in [0.29, 0.717) is 27.7 Å². The first kappa shape index (κ1) is 18.2. The quantitative estimate of drug-likeness (QED) is 0.778. The molecule has 24 heavy (non-hydrogen) atoms. The topological polar surface area (TPSA) is 93.4 Å². The molecule has 2 aromatic rings. The third kappa shape index (κ3) is 4.42. The van der Waals surface area contributed by atoms with Crippen molar-refractivity contribution in [3.05, 3.63) is 29.4 Å². The molecule has 0 fully saturated rings. The standard InChI is InChI=1S/C15H16ClN3O4S/c1-19-15(11(16)6-17-19)10-5-9(3-4-12(10)23-2)18-13(20)7-24-8-14(21)22/h3-6H,7-8H2,1-2H3,(H,18,20)(H,21,22). The number of methoxy groups -OCH3 is 1. The number of aliphatic carboxylic acids is 1. The predicted molar refractivity (Wildman–Crippen MR) is 93.8 cm³/mol. The fourth-order valence-corrected chi connectivity index (χ4v) is 2.91. The van der Waals surface area contributed by atoms with E-state index in [-0.39, 0.29) is 17.4 Å². The van der Waals surface area contributed by atoms with Crippen LogP contribution in [0.2, 0.25) is 5.02 Å². The molecular formula is C15H16ClN3O4S. The molecule has 0 atom stereocenters. The molecule has 7 nitrogen and oxygen atoms in total. The lowest BCUT2D eigenvalue weighted by atomic mass is 10.1. The Bertz CT molecular complexity index is 744. The summed E-state index contributed by atoms with van der Waals surface area (Å²) >= 11 is 7.21. The number of rotatable bonds is 7. The Kier molecular flexibility index (Phi) is 6.10.